The van der Waals surface area contributed by atoms with Crippen LogP contribution in [-0.4, -0.2) is 67.3 Å². The van der Waals surface area contributed by atoms with Gasteiger partial charge in [0.15, 0.2) is 6.10 Å². The second kappa shape index (κ2) is 5.16. The highest BCUT2D eigenvalue weighted by Crippen LogP contribution is 2.23. The number of aliphatic hydroxyl groups is 1. The minimum absolute atomic E-state index is 0.229. The molecule has 0 unspecified atom stereocenters. The fourth-order valence-electron chi connectivity index (χ4n) is 1.89. The SMILES string of the molecule is CO[C@H]1[C@H](O)[C@@H](OC)C(=O)N(C)[C@@H]1CS. The van der Waals surface area contributed by atoms with Gasteiger partial charge in [-0.2, -0.15) is 12.6 Å². The highest BCUT2D eigenvalue weighted by atomic mass is 32.1. The largest absolute Gasteiger partial charge is 0.387 e. The van der Waals surface area contributed by atoms with Gasteiger partial charge in [0.1, 0.15) is 12.2 Å². The summed E-state index contributed by atoms with van der Waals surface area (Å²) in [5.74, 6) is 0.200. The molecule has 0 aromatic rings. The Morgan fingerprint density at radius 1 is 1.47 bits per heavy atom. The highest BCUT2D eigenvalue weighted by Gasteiger charge is 2.46. The van der Waals surface area contributed by atoms with Gasteiger partial charge in [0, 0.05) is 27.0 Å². The molecule has 0 bridgehead atoms. The molecule has 0 spiro atoms. The average molecular weight is 235 g/mol. The molecule has 88 valence electrons. The zero-order valence-corrected chi connectivity index (χ0v) is 9.98. The molecule has 6 heteroatoms. The number of rotatable bonds is 3. The number of nitrogens with zero attached hydrogens (tertiary/aromatic N) is 1. The van der Waals surface area contributed by atoms with Gasteiger partial charge >= 0.3 is 0 Å². The maximum Gasteiger partial charge on any atom is 0.254 e. The van der Waals surface area contributed by atoms with Gasteiger partial charge in [0.25, 0.3) is 5.91 Å². The standard InChI is InChI=1S/C9H17NO4S/c1-10-5(4-15)7(13-2)6(11)8(14-3)9(10)12/h5-8,11,15H,4H2,1-3H3/t5-,6+,7-,8-/m1/s1. The van der Waals surface area contributed by atoms with Crippen LogP contribution >= 0.6 is 12.6 Å². The molecule has 1 N–H and O–H groups in total. The van der Waals surface area contributed by atoms with Crippen LogP contribution < -0.4 is 0 Å². The van der Waals surface area contributed by atoms with Gasteiger partial charge in [-0.15, -0.1) is 0 Å². The molecule has 1 fully saturated rings. The van der Waals surface area contributed by atoms with Crippen LogP contribution in [-0.2, 0) is 14.3 Å². The van der Waals surface area contributed by atoms with Gasteiger partial charge in [-0.25, -0.2) is 0 Å². The monoisotopic (exact) mass is 235 g/mol. The number of hydrogen-bond donors (Lipinski definition) is 2. The van der Waals surface area contributed by atoms with E-state index < -0.39 is 18.3 Å². The highest BCUT2D eigenvalue weighted by molar-refractivity contribution is 7.80. The van der Waals surface area contributed by atoms with Gasteiger partial charge in [-0.1, -0.05) is 0 Å². The molecular formula is C9H17NO4S. The number of carbonyl (C=O) groups is 1. The van der Waals surface area contributed by atoms with E-state index in [1.165, 1.54) is 19.1 Å². The van der Waals surface area contributed by atoms with Crippen molar-refractivity contribution in [3.05, 3.63) is 0 Å². The van der Waals surface area contributed by atoms with Crippen LogP contribution in [0.5, 0.6) is 0 Å². The molecule has 1 rings (SSSR count). The van der Waals surface area contributed by atoms with Crippen LogP contribution in [0.2, 0.25) is 0 Å². The Morgan fingerprint density at radius 3 is 2.47 bits per heavy atom. The van der Waals surface area contributed by atoms with E-state index in [2.05, 4.69) is 12.6 Å². The molecular weight excluding hydrogens is 218 g/mol. The van der Waals surface area contributed by atoms with Crippen molar-refractivity contribution in [3.63, 3.8) is 0 Å². The summed E-state index contributed by atoms with van der Waals surface area (Å²) in [6, 6.07) is -0.229. The van der Waals surface area contributed by atoms with Crippen LogP contribution in [0.4, 0.5) is 0 Å². The lowest BCUT2D eigenvalue weighted by Gasteiger charge is -2.43. The molecule has 0 saturated carbocycles. The van der Waals surface area contributed by atoms with Crippen molar-refractivity contribution >= 4 is 18.5 Å². The second-order valence-electron chi connectivity index (χ2n) is 3.55. The van der Waals surface area contributed by atoms with E-state index in [1.807, 2.05) is 0 Å². The molecule has 0 aromatic carbocycles. The topological polar surface area (TPSA) is 59.0 Å². The number of hydrogen-bond acceptors (Lipinski definition) is 5. The molecule has 15 heavy (non-hydrogen) atoms. The molecule has 5 nitrogen and oxygen atoms in total. The molecule has 1 aliphatic heterocycles. The number of likely N-dealkylation sites (tertiary alicyclic amines) is 1. The van der Waals surface area contributed by atoms with E-state index in [4.69, 9.17) is 9.47 Å². The molecule has 0 radical (unpaired) electrons. The van der Waals surface area contributed by atoms with Crippen LogP contribution in [0.1, 0.15) is 0 Å². The number of aliphatic hydroxyl groups excluding tert-OH is 1. The van der Waals surface area contributed by atoms with Gasteiger partial charge in [-0.3, -0.25) is 4.79 Å². The quantitative estimate of drug-likeness (QED) is 0.626. The molecule has 0 aromatic heterocycles. The van der Waals surface area contributed by atoms with Crippen LogP contribution in [0.15, 0.2) is 0 Å². The zero-order chi connectivity index (χ0) is 11.6. The lowest BCUT2D eigenvalue weighted by molar-refractivity contribution is -0.178. The van der Waals surface area contributed by atoms with E-state index in [-0.39, 0.29) is 11.9 Å². The smallest absolute Gasteiger partial charge is 0.254 e. The van der Waals surface area contributed by atoms with Gasteiger partial charge in [0.2, 0.25) is 0 Å². The Labute approximate surface area is 94.8 Å². The number of methoxy groups -OCH3 is 2. The van der Waals surface area contributed by atoms with Crippen molar-refractivity contribution < 1.29 is 19.4 Å². The first-order valence-electron chi connectivity index (χ1n) is 4.69. The predicted molar refractivity (Wildman–Crippen MR) is 58.0 cm³/mol. The lowest BCUT2D eigenvalue weighted by atomic mass is 9.94. The van der Waals surface area contributed by atoms with Crippen molar-refractivity contribution in [1.29, 1.82) is 0 Å². The van der Waals surface area contributed by atoms with Gasteiger partial charge in [0.05, 0.1) is 6.04 Å². The summed E-state index contributed by atoms with van der Waals surface area (Å²) >= 11 is 4.15. The van der Waals surface area contributed by atoms with E-state index in [0.717, 1.165) is 0 Å². The van der Waals surface area contributed by atoms with Crippen molar-refractivity contribution in [2.45, 2.75) is 24.4 Å². The second-order valence-corrected chi connectivity index (χ2v) is 3.91. The van der Waals surface area contributed by atoms with Crippen molar-refractivity contribution in [2.75, 3.05) is 27.0 Å². The minimum Gasteiger partial charge on any atom is -0.387 e. The van der Waals surface area contributed by atoms with Gasteiger partial charge in [-0.05, 0) is 0 Å². The fourth-order valence-corrected chi connectivity index (χ4v) is 2.35. The number of ether oxygens (including phenoxy) is 2. The molecule has 1 saturated heterocycles. The normalized spacial score (nSPS) is 37.1. The summed E-state index contributed by atoms with van der Waals surface area (Å²) in [4.78, 5) is 13.3. The van der Waals surface area contributed by atoms with Crippen molar-refractivity contribution in [3.8, 4) is 0 Å². The van der Waals surface area contributed by atoms with E-state index in [0.29, 0.717) is 5.75 Å². The maximum absolute atomic E-state index is 11.7. The number of amides is 1. The third-order valence-corrected chi connectivity index (χ3v) is 3.20. The van der Waals surface area contributed by atoms with E-state index in [9.17, 15) is 9.90 Å². The summed E-state index contributed by atoms with van der Waals surface area (Å²) in [7, 11) is 4.56. The summed E-state index contributed by atoms with van der Waals surface area (Å²) in [5, 5.41) is 9.89. The first-order chi connectivity index (χ1) is 7.08. The first kappa shape index (κ1) is 12.8. The Bertz CT molecular complexity index is 238. The Hall–Kier alpha value is -0.300. The Morgan fingerprint density at radius 2 is 2.07 bits per heavy atom. The van der Waals surface area contributed by atoms with E-state index in [1.54, 1.807) is 7.05 Å². The maximum atomic E-state index is 11.7. The minimum atomic E-state index is -0.944. The van der Waals surface area contributed by atoms with Crippen LogP contribution in [0.3, 0.4) is 0 Å². The molecule has 1 amide bonds. The number of carbonyl (C=O) groups excluding carboxylic acids is 1. The summed E-state index contributed by atoms with van der Waals surface area (Å²) < 4.78 is 10.1. The van der Waals surface area contributed by atoms with Crippen molar-refractivity contribution in [1.82, 2.24) is 4.90 Å². The number of likely N-dealkylation sites (N-methyl/N-ethyl adjacent to an activating group) is 1. The molecule has 1 heterocycles. The first-order valence-corrected chi connectivity index (χ1v) is 5.32. The Kier molecular flexibility index (Phi) is 4.39. The third kappa shape index (κ3) is 2.13. The van der Waals surface area contributed by atoms with E-state index >= 15 is 0 Å². The predicted octanol–water partition coefficient (Wildman–Crippen LogP) is -0.852. The average Bonchev–Trinajstić information content (AvgIpc) is 2.23. The third-order valence-electron chi connectivity index (χ3n) is 2.83. The van der Waals surface area contributed by atoms with Crippen molar-refractivity contribution in [2.24, 2.45) is 0 Å². The molecule has 1 aliphatic rings. The summed E-state index contributed by atoms with van der Waals surface area (Å²) in [6.07, 6.45) is -2.26. The zero-order valence-electron chi connectivity index (χ0n) is 9.08. The Balaban J connectivity index is 2.92. The summed E-state index contributed by atoms with van der Waals surface area (Å²) in [5.41, 5.74) is 0. The van der Waals surface area contributed by atoms with Gasteiger partial charge < -0.3 is 19.5 Å². The van der Waals surface area contributed by atoms with Crippen LogP contribution in [0.25, 0.3) is 0 Å². The number of thiol groups is 1. The van der Waals surface area contributed by atoms with Crippen LogP contribution in [0, 0.1) is 0 Å². The molecule has 4 atom stereocenters. The lowest BCUT2D eigenvalue weighted by Crippen LogP contribution is -2.64. The summed E-state index contributed by atoms with van der Waals surface area (Å²) in [6.45, 7) is 0. The number of piperidine rings is 1. The fraction of sp³-hybridized carbons (Fsp3) is 0.889. The molecule has 0 aliphatic carbocycles.